The van der Waals surface area contributed by atoms with Gasteiger partial charge < -0.3 is 5.73 Å². The van der Waals surface area contributed by atoms with Crippen molar-refractivity contribution in [3.8, 4) is 0 Å². The van der Waals surface area contributed by atoms with E-state index in [-0.39, 0.29) is 0 Å². The fourth-order valence-corrected chi connectivity index (χ4v) is 1.48. The Morgan fingerprint density at radius 3 is 2.50 bits per heavy atom. The van der Waals surface area contributed by atoms with Crippen LogP contribution in [0.4, 0.5) is 0 Å². The van der Waals surface area contributed by atoms with Crippen LogP contribution in [0, 0.1) is 13.8 Å². The Hall–Kier alpha value is -0.830. The minimum Gasteiger partial charge on any atom is -0.358 e. The first-order valence-corrected chi connectivity index (χ1v) is 4.45. The zero-order chi connectivity index (χ0) is 9.14. The van der Waals surface area contributed by atoms with Gasteiger partial charge in [0.05, 0.1) is 12.2 Å². The molecule has 3 nitrogen and oxygen atoms in total. The molecule has 3 N–H and O–H groups in total. The quantitative estimate of drug-likeness (QED) is 0.689. The van der Waals surface area contributed by atoms with Crippen molar-refractivity contribution in [3.05, 3.63) is 17.0 Å². The lowest BCUT2D eigenvalue weighted by Crippen LogP contribution is -2.50. The standard InChI is InChI=1S/C9H17N3/c1-7-9(5-4-6-10)8(2)12(3)11-7/h4-6,10H2,1-3H3/p+1. The second kappa shape index (κ2) is 3.72. The van der Waals surface area contributed by atoms with Crippen LogP contribution in [0.15, 0.2) is 0 Å². The van der Waals surface area contributed by atoms with Crippen LogP contribution in [0.3, 0.4) is 0 Å². The van der Waals surface area contributed by atoms with Gasteiger partial charge in [0.2, 0.25) is 0 Å². The Morgan fingerprint density at radius 2 is 2.08 bits per heavy atom. The van der Waals surface area contributed by atoms with Gasteiger partial charge in [-0.2, -0.15) is 5.10 Å². The van der Waals surface area contributed by atoms with Gasteiger partial charge in [0.1, 0.15) is 0 Å². The largest absolute Gasteiger partial charge is 0.358 e. The molecule has 0 fully saturated rings. The minimum absolute atomic E-state index is 1.01. The van der Waals surface area contributed by atoms with E-state index in [0.717, 1.165) is 19.4 Å². The zero-order valence-electron chi connectivity index (χ0n) is 8.22. The molecule has 12 heavy (non-hydrogen) atoms. The van der Waals surface area contributed by atoms with Crippen LogP contribution in [0.1, 0.15) is 23.4 Å². The van der Waals surface area contributed by atoms with Crippen molar-refractivity contribution in [1.82, 2.24) is 9.78 Å². The molecule has 0 bridgehead atoms. The molecule has 1 aromatic rings. The third-order valence-corrected chi connectivity index (χ3v) is 2.34. The normalized spacial score (nSPS) is 10.7. The Labute approximate surface area is 73.6 Å². The predicted molar refractivity (Wildman–Crippen MR) is 48.8 cm³/mol. The third-order valence-electron chi connectivity index (χ3n) is 2.34. The number of aryl methyl sites for hydroxylation is 2. The molecule has 0 spiro atoms. The second-order valence-electron chi connectivity index (χ2n) is 3.23. The van der Waals surface area contributed by atoms with Crippen molar-refractivity contribution in [1.29, 1.82) is 0 Å². The van der Waals surface area contributed by atoms with Crippen molar-refractivity contribution in [3.63, 3.8) is 0 Å². The molecule has 0 aliphatic carbocycles. The molecule has 1 aromatic heterocycles. The van der Waals surface area contributed by atoms with E-state index in [9.17, 15) is 0 Å². The molecule has 1 rings (SSSR count). The van der Waals surface area contributed by atoms with Crippen molar-refractivity contribution in [2.24, 2.45) is 7.05 Å². The summed E-state index contributed by atoms with van der Waals surface area (Å²) in [7, 11) is 2.00. The Morgan fingerprint density at radius 1 is 1.42 bits per heavy atom. The van der Waals surface area contributed by atoms with Gasteiger partial charge in [-0.25, -0.2) is 0 Å². The van der Waals surface area contributed by atoms with Gasteiger partial charge in [-0.15, -0.1) is 0 Å². The van der Waals surface area contributed by atoms with Crippen LogP contribution >= 0.6 is 0 Å². The molecular formula is C9H18N3+. The van der Waals surface area contributed by atoms with E-state index in [2.05, 4.69) is 24.7 Å². The van der Waals surface area contributed by atoms with Crippen molar-refractivity contribution >= 4 is 0 Å². The summed E-state index contributed by atoms with van der Waals surface area (Å²) in [5, 5.41) is 4.36. The highest BCUT2D eigenvalue weighted by Gasteiger charge is 2.07. The van der Waals surface area contributed by atoms with Gasteiger partial charge in [0, 0.05) is 19.2 Å². The number of nitrogens with zero attached hydrogens (tertiary/aromatic N) is 2. The van der Waals surface area contributed by atoms with E-state index < -0.39 is 0 Å². The van der Waals surface area contributed by atoms with Crippen molar-refractivity contribution < 1.29 is 5.73 Å². The van der Waals surface area contributed by atoms with E-state index >= 15 is 0 Å². The monoisotopic (exact) mass is 168 g/mol. The molecule has 0 amide bonds. The average molecular weight is 168 g/mol. The molecule has 1 heterocycles. The zero-order valence-corrected chi connectivity index (χ0v) is 8.22. The first-order chi connectivity index (χ1) is 5.66. The van der Waals surface area contributed by atoms with E-state index in [4.69, 9.17) is 0 Å². The van der Waals surface area contributed by atoms with Crippen LogP contribution in [0.2, 0.25) is 0 Å². The molecule has 0 atom stereocenters. The summed E-state index contributed by atoms with van der Waals surface area (Å²) in [5.74, 6) is 0. The smallest absolute Gasteiger partial charge is 0.0743 e. The highest BCUT2D eigenvalue weighted by molar-refractivity contribution is 5.24. The van der Waals surface area contributed by atoms with E-state index in [1.165, 1.54) is 17.0 Å². The van der Waals surface area contributed by atoms with Gasteiger partial charge >= 0.3 is 0 Å². The summed E-state index contributed by atoms with van der Waals surface area (Å²) >= 11 is 0. The molecule has 3 heteroatoms. The molecular weight excluding hydrogens is 150 g/mol. The summed E-state index contributed by atoms with van der Waals surface area (Å²) in [6, 6.07) is 0. The predicted octanol–water partition coefficient (Wildman–Crippen LogP) is 0.211. The molecule has 0 aliphatic rings. The molecule has 0 saturated carbocycles. The minimum atomic E-state index is 1.01. The van der Waals surface area contributed by atoms with Gasteiger partial charge in [0.25, 0.3) is 0 Å². The summed E-state index contributed by atoms with van der Waals surface area (Å²) in [6.07, 6.45) is 2.28. The Balaban J connectivity index is 2.82. The van der Waals surface area contributed by atoms with Gasteiger partial charge in [-0.3, -0.25) is 4.68 Å². The van der Waals surface area contributed by atoms with Crippen molar-refractivity contribution in [2.75, 3.05) is 6.54 Å². The fourth-order valence-electron chi connectivity index (χ4n) is 1.48. The summed E-state index contributed by atoms with van der Waals surface area (Å²) in [5.41, 5.74) is 7.71. The van der Waals surface area contributed by atoms with Gasteiger partial charge in [0.15, 0.2) is 0 Å². The van der Waals surface area contributed by atoms with Crippen LogP contribution in [-0.2, 0) is 13.5 Å². The van der Waals surface area contributed by atoms with E-state index in [1.54, 1.807) is 0 Å². The fraction of sp³-hybridized carbons (Fsp3) is 0.667. The summed E-state index contributed by atoms with van der Waals surface area (Å²) < 4.78 is 1.95. The lowest BCUT2D eigenvalue weighted by molar-refractivity contribution is -0.368. The highest BCUT2D eigenvalue weighted by atomic mass is 15.3. The molecule has 0 unspecified atom stereocenters. The van der Waals surface area contributed by atoms with E-state index in [0.29, 0.717) is 0 Å². The third kappa shape index (κ3) is 1.67. The average Bonchev–Trinajstić information content (AvgIpc) is 2.25. The number of aromatic nitrogens is 2. The second-order valence-corrected chi connectivity index (χ2v) is 3.23. The number of rotatable bonds is 3. The molecule has 0 aromatic carbocycles. The first kappa shape index (κ1) is 9.26. The van der Waals surface area contributed by atoms with Crippen LogP contribution in [-0.4, -0.2) is 16.3 Å². The number of hydrogen-bond acceptors (Lipinski definition) is 1. The maximum absolute atomic E-state index is 4.36. The maximum atomic E-state index is 4.36. The topological polar surface area (TPSA) is 45.5 Å². The number of quaternary nitrogens is 1. The first-order valence-electron chi connectivity index (χ1n) is 4.45. The summed E-state index contributed by atoms with van der Waals surface area (Å²) in [4.78, 5) is 0. The SMILES string of the molecule is Cc1nn(C)c(C)c1CCC[NH3+]. The van der Waals surface area contributed by atoms with Gasteiger partial charge in [-0.05, 0) is 25.8 Å². The molecule has 68 valence electrons. The Kier molecular flexibility index (Phi) is 2.87. The Bertz CT molecular complexity index is 263. The molecule has 0 aliphatic heterocycles. The van der Waals surface area contributed by atoms with Crippen LogP contribution < -0.4 is 5.73 Å². The van der Waals surface area contributed by atoms with E-state index in [1.807, 2.05) is 11.7 Å². The van der Waals surface area contributed by atoms with Crippen LogP contribution in [0.5, 0.6) is 0 Å². The van der Waals surface area contributed by atoms with Crippen LogP contribution in [0.25, 0.3) is 0 Å². The van der Waals surface area contributed by atoms with Gasteiger partial charge in [-0.1, -0.05) is 0 Å². The lowest BCUT2D eigenvalue weighted by atomic mass is 10.1. The summed E-state index contributed by atoms with van der Waals surface area (Å²) in [6.45, 7) is 5.21. The van der Waals surface area contributed by atoms with Crippen molar-refractivity contribution in [2.45, 2.75) is 26.7 Å². The molecule has 0 saturated heterocycles. The highest BCUT2D eigenvalue weighted by Crippen LogP contribution is 2.13. The lowest BCUT2D eigenvalue weighted by Gasteiger charge is -1.98. The maximum Gasteiger partial charge on any atom is 0.0743 e. The molecule has 0 radical (unpaired) electrons. The number of hydrogen-bond donors (Lipinski definition) is 1.